The van der Waals surface area contributed by atoms with Crippen LogP contribution in [0.4, 0.5) is 0 Å². The fraction of sp³-hybridized carbons (Fsp3) is 0. The molecule has 4 nitrogen and oxygen atoms in total. The number of hydrogen-bond acceptors (Lipinski definition) is 6. The van der Waals surface area contributed by atoms with Crippen LogP contribution in [-0.2, 0) is 0 Å². The number of thiol groups is 2. The number of halogens is 1. The average molecular weight is 392 g/mol. The van der Waals surface area contributed by atoms with Crippen LogP contribution in [0.2, 0.25) is 0 Å². The Morgan fingerprint density at radius 3 is 1.77 bits per heavy atom. The standard InChI is InChI=1S/C15H10BrN3OS2/c16-10-3-7-12(8-4-10)20-11-5-1-9(2-6-11)13-17-14(21)19-15(22)18-13/h1-8H,(H2,17,18,19,21,22). The maximum Gasteiger partial charge on any atom is 0.189 e. The summed E-state index contributed by atoms with van der Waals surface area (Å²) >= 11 is 11.6. The number of hydrogen-bond donors (Lipinski definition) is 2. The zero-order chi connectivity index (χ0) is 15.5. The molecule has 1 aromatic heterocycles. The highest BCUT2D eigenvalue weighted by atomic mass is 79.9. The van der Waals surface area contributed by atoms with Crippen molar-refractivity contribution in [2.24, 2.45) is 0 Å². The van der Waals surface area contributed by atoms with Crippen molar-refractivity contribution in [2.45, 2.75) is 10.3 Å². The largest absolute Gasteiger partial charge is 0.457 e. The van der Waals surface area contributed by atoms with Crippen molar-refractivity contribution in [1.82, 2.24) is 15.0 Å². The van der Waals surface area contributed by atoms with Gasteiger partial charge in [-0.25, -0.2) is 9.97 Å². The minimum Gasteiger partial charge on any atom is -0.457 e. The van der Waals surface area contributed by atoms with E-state index in [1.807, 2.05) is 48.5 Å². The first-order valence-electron chi connectivity index (χ1n) is 6.28. The average Bonchev–Trinajstić information content (AvgIpc) is 2.49. The molecule has 0 spiro atoms. The Morgan fingerprint density at radius 1 is 0.727 bits per heavy atom. The van der Waals surface area contributed by atoms with E-state index in [9.17, 15) is 0 Å². The highest BCUT2D eigenvalue weighted by Gasteiger charge is 2.05. The highest BCUT2D eigenvalue weighted by molar-refractivity contribution is 9.10. The lowest BCUT2D eigenvalue weighted by molar-refractivity contribution is 0.482. The maximum absolute atomic E-state index is 5.77. The normalized spacial score (nSPS) is 10.5. The number of benzene rings is 2. The van der Waals surface area contributed by atoms with Gasteiger partial charge in [-0.3, -0.25) is 0 Å². The van der Waals surface area contributed by atoms with Crippen molar-refractivity contribution in [3.05, 3.63) is 53.0 Å². The fourth-order valence-electron chi connectivity index (χ4n) is 1.79. The summed E-state index contributed by atoms with van der Waals surface area (Å²) in [6, 6.07) is 15.1. The molecule has 0 N–H and O–H groups in total. The second-order valence-electron chi connectivity index (χ2n) is 4.34. The molecule has 2 aromatic carbocycles. The SMILES string of the molecule is Sc1nc(S)nc(-c2ccc(Oc3ccc(Br)cc3)cc2)n1. The number of nitrogens with zero attached hydrogens (tertiary/aromatic N) is 3. The third-order valence-corrected chi connectivity index (χ3v) is 3.70. The van der Waals surface area contributed by atoms with Gasteiger partial charge in [-0.05, 0) is 48.5 Å². The van der Waals surface area contributed by atoms with Crippen molar-refractivity contribution in [2.75, 3.05) is 0 Å². The van der Waals surface area contributed by atoms with Crippen molar-refractivity contribution >= 4 is 41.2 Å². The van der Waals surface area contributed by atoms with Crippen LogP contribution in [-0.4, -0.2) is 15.0 Å². The predicted octanol–water partition coefficient (Wildman–Crippen LogP) is 4.67. The zero-order valence-electron chi connectivity index (χ0n) is 11.1. The topological polar surface area (TPSA) is 47.9 Å². The van der Waals surface area contributed by atoms with Crippen LogP contribution in [0.5, 0.6) is 11.5 Å². The second-order valence-corrected chi connectivity index (χ2v) is 6.06. The molecule has 0 aliphatic rings. The van der Waals surface area contributed by atoms with Crippen molar-refractivity contribution in [3.8, 4) is 22.9 Å². The first-order chi connectivity index (χ1) is 10.6. The summed E-state index contributed by atoms with van der Waals surface area (Å²) in [5.41, 5.74) is 0.844. The number of aromatic nitrogens is 3. The van der Waals surface area contributed by atoms with E-state index in [-0.39, 0.29) is 0 Å². The van der Waals surface area contributed by atoms with E-state index in [0.717, 1.165) is 21.5 Å². The molecule has 110 valence electrons. The van der Waals surface area contributed by atoms with Crippen LogP contribution < -0.4 is 4.74 Å². The third kappa shape index (κ3) is 3.79. The molecule has 0 amide bonds. The summed E-state index contributed by atoms with van der Waals surface area (Å²) in [6.07, 6.45) is 0. The Labute approximate surface area is 146 Å². The molecule has 0 aliphatic heterocycles. The quantitative estimate of drug-likeness (QED) is 0.636. The van der Waals surface area contributed by atoms with Gasteiger partial charge in [0.25, 0.3) is 0 Å². The summed E-state index contributed by atoms with van der Waals surface area (Å²) in [5, 5.41) is 0.676. The third-order valence-electron chi connectivity index (χ3n) is 2.77. The Balaban J connectivity index is 1.81. The Kier molecular flexibility index (Phi) is 4.66. The van der Waals surface area contributed by atoms with E-state index in [2.05, 4.69) is 56.1 Å². The summed E-state index contributed by atoms with van der Waals surface area (Å²) in [6.45, 7) is 0. The van der Waals surface area contributed by atoms with E-state index in [1.54, 1.807) is 0 Å². The first-order valence-corrected chi connectivity index (χ1v) is 7.97. The Bertz CT molecular complexity index is 775. The van der Waals surface area contributed by atoms with Gasteiger partial charge >= 0.3 is 0 Å². The molecule has 0 aliphatic carbocycles. The van der Waals surface area contributed by atoms with Crippen molar-refractivity contribution in [3.63, 3.8) is 0 Å². The minimum atomic E-state index is 0.338. The summed E-state index contributed by atoms with van der Waals surface area (Å²) in [4.78, 5) is 12.3. The highest BCUT2D eigenvalue weighted by Crippen LogP contribution is 2.25. The molecular formula is C15H10BrN3OS2. The molecule has 0 bridgehead atoms. The second kappa shape index (κ2) is 6.68. The van der Waals surface area contributed by atoms with Gasteiger partial charge in [0.1, 0.15) is 11.5 Å². The summed E-state index contributed by atoms with van der Waals surface area (Å²) in [5.74, 6) is 2.03. The van der Waals surface area contributed by atoms with Gasteiger partial charge in [-0.1, -0.05) is 15.9 Å². The maximum atomic E-state index is 5.77. The van der Waals surface area contributed by atoms with Gasteiger partial charge in [0.2, 0.25) is 0 Å². The fourth-order valence-corrected chi connectivity index (χ4v) is 2.52. The van der Waals surface area contributed by atoms with Gasteiger partial charge in [0, 0.05) is 10.0 Å². The smallest absolute Gasteiger partial charge is 0.189 e. The van der Waals surface area contributed by atoms with Gasteiger partial charge in [-0.2, -0.15) is 4.98 Å². The minimum absolute atomic E-state index is 0.338. The lowest BCUT2D eigenvalue weighted by Gasteiger charge is -2.07. The van der Waals surface area contributed by atoms with Crippen LogP contribution in [0.25, 0.3) is 11.4 Å². The molecule has 3 aromatic rings. The van der Waals surface area contributed by atoms with Crippen LogP contribution in [0.3, 0.4) is 0 Å². The molecule has 22 heavy (non-hydrogen) atoms. The van der Waals surface area contributed by atoms with E-state index in [0.29, 0.717) is 16.1 Å². The first kappa shape index (κ1) is 15.3. The van der Waals surface area contributed by atoms with Crippen molar-refractivity contribution in [1.29, 1.82) is 0 Å². The van der Waals surface area contributed by atoms with E-state index in [4.69, 9.17) is 4.74 Å². The summed E-state index contributed by atoms with van der Waals surface area (Å²) in [7, 11) is 0. The molecule has 0 fully saturated rings. The Morgan fingerprint density at radius 2 is 1.23 bits per heavy atom. The monoisotopic (exact) mass is 391 g/mol. The Hall–Kier alpha value is -1.57. The van der Waals surface area contributed by atoms with Gasteiger partial charge in [0.15, 0.2) is 16.1 Å². The molecule has 0 saturated carbocycles. The van der Waals surface area contributed by atoms with Crippen LogP contribution in [0, 0.1) is 0 Å². The van der Waals surface area contributed by atoms with Crippen molar-refractivity contribution < 1.29 is 4.74 Å². The number of ether oxygens (including phenoxy) is 1. The number of rotatable bonds is 3. The molecule has 0 saturated heterocycles. The summed E-state index contributed by atoms with van der Waals surface area (Å²) < 4.78 is 6.78. The molecule has 7 heteroatoms. The van der Waals surface area contributed by atoms with Crippen LogP contribution in [0.15, 0.2) is 63.3 Å². The lowest BCUT2D eigenvalue weighted by atomic mass is 10.2. The van der Waals surface area contributed by atoms with Gasteiger partial charge in [-0.15, -0.1) is 25.3 Å². The van der Waals surface area contributed by atoms with Crippen LogP contribution >= 0.6 is 41.2 Å². The molecule has 3 rings (SSSR count). The molecule has 1 heterocycles. The zero-order valence-corrected chi connectivity index (χ0v) is 14.5. The molecule has 0 radical (unpaired) electrons. The van der Waals surface area contributed by atoms with E-state index in [1.165, 1.54) is 0 Å². The lowest BCUT2D eigenvalue weighted by Crippen LogP contribution is -1.94. The van der Waals surface area contributed by atoms with E-state index < -0.39 is 0 Å². The van der Waals surface area contributed by atoms with Gasteiger partial charge in [0.05, 0.1) is 0 Å². The van der Waals surface area contributed by atoms with E-state index >= 15 is 0 Å². The van der Waals surface area contributed by atoms with Crippen LogP contribution in [0.1, 0.15) is 0 Å². The van der Waals surface area contributed by atoms with Gasteiger partial charge < -0.3 is 4.74 Å². The molecule has 0 atom stereocenters. The molecule has 0 unspecified atom stereocenters. The predicted molar refractivity (Wildman–Crippen MR) is 94.0 cm³/mol. The molecular weight excluding hydrogens is 382 g/mol.